The lowest BCUT2D eigenvalue weighted by atomic mass is 10.3. The molecule has 0 radical (unpaired) electrons. The van der Waals surface area contributed by atoms with E-state index in [1.54, 1.807) is 24.3 Å². The van der Waals surface area contributed by atoms with E-state index < -0.39 is 6.09 Å². The molecule has 1 aromatic carbocycles. The van der Waals surface area contributed by atoms with E-state index in [1.807, 2.05) is 12.3 Å². The Morgan fingerprint density at radius 3 is 2.43 bits per heavy atom. The summed E-state index contributed by atoms with van der Waals surface area (Å²) in [6.45, 7) is 2.50. The fourth-order valence-electron chi connectivity index (χ4n) is 0.907. The standard InChI is InChI=1S/C9H12N2O3/c1-2-13-7-3-5-8(6-4-7)14-9(12)11-10/h3-6H,2,10H2,1H3,(H,11,12). The predicted octanol–water partition coefficient (Wildman–Crippen LogP) is 1.05. The van der Waals surface area contributed by atoms with Crippen molar-refractivity contribution in [3.63, 3.8) is 0 Å². The second-order valence-electron chi connectivity index (χ2n) is 2.44. The van der Waals surface area contributed by atoms with Crippen LogP contribution >= 0.6 is 0 Å². The first-order valence-corrected chi connectivity index (χ1v) is 4.17. The van der Waals surface area contributed by atoms with E-state index in [0.717, 1.165) is 5.75 Å². The summed E-state index contributed by atoms with van der Waals surface area (Å²) in [6, 6.07) is 6.67. The van der Waals surface area contributed by atoms with Crippen LogP contribution in [0.25, 0.3) is 0 Å². The molecular formula is C9H12N2O3. The molecule has 0 spiro atoms. The molecule has 0 heterocycles. The zero-order valence-electron chi connectivity index (χ0n) is 7.82. The molecule has 0 saturated carbocycles. The van der Waals surface area contributed by atoms with Gasteiger partial charge in [-0.1, -0.05) is 0 Å². The molecule has 3 N–H and O–H groups in total. The van der Waals surface area contributed by atoms with Gasteiger partial charge in [-0.25, -0.2) is 10.6 Å². The number of ether oxygens (including phenoxy) is 2. The Kier molecular flexibility index (Phi) is 3.75. The summed E-state index contributed by atoms with van der Waals surface area (Å²) in [4.78, 5) is 10.7. The monoisotopic (exact) mass is 196 g/mol. The van der Waals surface area contributed by atoms with Gasteiger partial charge in [0.15, 0.2) is 0 Å². The van der Waals surface area contributed by atoms with Gasteiger partial charge in [-0.15, -0.1) is 0 Å². The minimum atomic E-state index is -0.700. The number of hydrazine groups is 1. The van der Waals surface area contributed by atoms with Gasteiger partial charge in [0.25, 0.3) is 0 Å². The number of carbonyl (C=O) groups excluding carboxylic acids is 1. The molecule has 0 unspecified atom stereocenters. The second kappa shape index (κ2) is 5.08. The first-order chi connectivity index (χ1) is 6.76. The molecule has 0 bridgehead atoms. The van der Waals surface area contributed by atoms with Gasteiger partial charge in [-0.2, -0.15) is 0 Å². The van der Waals surface area contributed by atoms with Crippen LogP contribution in [0.5, 0.6) is 11.5 Å². The lowest BCUT2D eigenvalue weighted by molar-refractivity contribution is 0.200. The topological polar surface area (TPSA) is 73.6 Å². The average Bonchev–Trinajstić information content (AvgIpc) is 2.21. The van der Waals surface area contributed by atoms with E-state index in [-0.39, 0.29) is 0 Å². The summed E-state index contributed by atoms with van der Waals surface area (Å²) >= 11 is 0. The minimum Gasteiger partial charge on any atom is -0.494 e. The number of nitrogens with one attached hydrogen (secondary N) is 1. The van der Waals surface area contributed by atoms with Crippen molar-refractivity contribution < 1.29 is 14.3 Å². The van der Waals surface area contributed by atoms with Crippen molar-refractivity contribution in [2.75, 3.05) is 6.61 Å². The minimum absolute atomic E-state index is 0.413. The van der Waals surface area contributed by atoms with Crippen LogP contribution in [0, 0.1) is 0 Å². The third-order valence-corrected chi connectivity index (χ3v) is 1.46. The normalized spacial score (nSPS) is 9.29. The van der Waals surface area contributed by atoms with Crippen molar-refractivity contribution in [2.45, 2.75) is 6.92 Å². The van der Waals surface area contributed by atoms with Crippen LogP contribution in [0.3, 0.4) is 0 Å². The van der Waals surface area contributed by atoms with E-state index >= 15 is 0 Å². The highest BCUT2D eigenvalue weighted by Gasteiger charge is 2.00. The smallest absolute Gasteiger partial charge is 0.426 e. The molecule has 1 amide bonds. The Balaban J connectivity index is 2.59. The highest BCUT2D eigenvalue weighted by Crippen LogP contribution is 2.17. The SMILES string of the molecule is CCOc1ccc(OC(=O)NN)cc1. The molecule has 76 valence electrons. The van der Waals surface area contributed by atoms with Gasteiger partial charge in [0.2, 0.25) is 0 Å². The quantitative estimate of drug-likeness (QED) is 0.430. The molecule has 1 aromatic rings. The molecule has 0 aliphatic heterocycles. The van der Waals surface area contributed by atoms with Gasteiger partial charge >= 0.3 is 6.09 Å². The lowest BCUT2D eigenvalue weighted by Gasteiger charge is -2.05. The van der Waals surface area contributed by atoms with Crippen LogP contribution in [0.2, 0.25) is 0 Å². The van der Waals surface area contributed by atoms with Gasteiger partial charge in [-0.05, 0) is 31.2 Å². The van der Waals surface area contributed by atoms with Crippen molar-refractivity contribution >= 4 is 6.09 Å². The molecule has 5 nitrogen and oxygen atoms in total. The van der Waals surface area contributed by atoms with Gasteiger partial charge in [0.05, 0.1) is 6.61 Å². The van der Waals surface area contributed by atoms with Crippen molar-refractivity contribution in [1.82, 2.24) is 5.43 Å². The Bertz CT molecular complexity index is 297. The van der Waals surface area contributed by atoms with Crippen LogP contribution in [-0.4, -0.2) is 12.7 Å². The summed E-state index contributed by atoms with van der Waals surface area (Å²) < 4.78 is 9.98. The van der Waals surface area contributed by atoms with Crippen LogP contribution < -0.4 is 20.7 Å². The molecular weight excluding hydrogens is 184 g/mol. The maximum atomic E-state index is 10.7. The molecule has 5 heteroatoms. The van der Waals surface area contributed by atoms with Crippen LogP contribution in [0.15, 0.2) is 24.3 Å². The van der Waals surface area contributed by atoms with Gasteiger partial charge < -0.3 is 9.47 Å². The molecule has 0 aromatic heterocycles. The van der Waals surface area contributed by atoms with Crippen LogP contribution in [0.4, 0.5) is 4.79 Å². The van der Waals surface area contributed by atoms with E-state index in [0.29, 0.717) is 12.4 Å². The summed E-state index contributed by atoms with van der Waals surface area (Å²) in [6.07, 6.45) is -0.700. The average molecular weight is 196 g/mol. The summed E-state index contributed by atoms with van der Waals surface area (Å²) in [5.41, 5.74) is 1.86. The molecule has 0 aliphatic carbocycles. The number of nitrogens with two attached hydrogens (primary N) is 1. The highest BCUT2D eigenvalue weighted by molar-refractivity contribution is 5.69. The molecule has 1 rings (SSSR count). The zero-order valence-corrected chi connectivity index (χ0v) is 7.82. The van der Waals surface area contributed by atoms with Crippen molar-refractivity contribution in [3.05, 3.63) is 24.3 Å². The van der Waals surface area contributed by atoms with Crippen molar-refractivity contribution in [3.8, 4) is 11.5 Å². The third kappa shape index (κ3) is 2.95. The Hall–Kier alpha value is -1.75. The fraction of sp³-hybridized carbons (Fsp3) is 0.222. The predicted molar refractivity (Wildman–Crippen MR) is 51.0 cm³/mol. The number of amides is 1. The number of hydrogen-bond acceptors (Lipinski definition) is 4. The van der Waals surface area contributed by atoms with Crippen LogP contribution in [-0.2, 0) is 0 Å². The largest absolute Gasteiger partial charge is 0.494 e. The highest BCUT2D eigenvalue weighted by atomic mass is 16.6. The van der Waals surface area contributed by atoms with Gasteiger partial charge in [0, 0.05) is 0 Å². The van der Waals surface area contributed by atoms with Crippen molar-refractivity contribution in [2.24, 2.45) is 5.84 Å². The third-order valence-electron chi connectivity index (χ3n) is 1.46. The van der Waals surface area contributed by atoms with E-state index in [4.69, 9.17) is 15.3 Å². The molecule has 0 saturated heterocycles. The number of hydrogen-bond donors (Lipinski definition) is 2. The van der Waals surface area contributed by atoms with E-state index in [1.165, 1.54) is 0 Å². The number of carbonyl (C=O) groups is 1. The lowest BCUT2D eigenvalue weighted by Crippen LogP contribution is -2.32. The van der Waals surface area contributed by atoms with Crippen molar-refractivity contribution in [1.29, 1.82) is 0 Å². The zero-order chi connectivity index (χ0) is 10.4. The second-order valence-corrected chi connectivity index (χ2v) is 2.44. The number of rotatable bonds is 3. The van der Waals surface area contributed by atoms with Gasteiger partial charge in [0.1, 0.15) is 11.5 Å². The maximum Gasteiger partial charge on any atom is 0.426 e. The molecule has 14 heavy (non-hydrogen) atoms. The van der Waals surface area contributed by atoms with E-state index in [9.17, 15) is 4.79 Å². The fourth-order valence-corrected chi connectivity index (χ4v) is 0.907. The summed E-state index contributed by atoms with van der Waals surface area (Å²) in [7, 11) is 0. The Morgan fingerprint density at radius 1 is 1.36 bits per heavy atom. The number of benzene rings is 1. The first kappa shape index (κ1) is 10.3. The first-order valence-electron chi connectivity index (χ1n) is 4.17. The molecule has 0 atom stereocenters. The Morgan fingerprint density at radius 2 is 1.93 bits per heavy atom. The molecule has 0 aliphatic rings. The van der Waals surface area contributed by atoms with Crippen LogP contribution in [0.1, 0.15) is 6.92 Å². The molecule has 0 fully saturated rings. The summed E-state index contributed by atoms with van der Waals surface area (Å²) in [5.74, 6) is 5.99. The van der Waals surface area contributed by atoms with E-state index in [2.05, 4.69) is 0 Å². The maximum absolute atomic E-state index is 10.7. The Labute approximate surface area is 81.8 Å². The summed E-state index contributed by atoms with van der Waals surface area (Å²) in [5, 5.41) is 0. The van der Waals surface area contributed by atoms with Gasteiger partial charge in [-0.3, -0.25) is 5.43 Å².